The highest BCUT2D eigenvalue weighted by molar-refractivity contribution is 7.99. The van der Waals surface area contributed by atoms with E-state index in [0.29, 0.717) is 22.4 Å². The Balaban J connectivity index is 0.000000150. The van der Waals surface area contributed by atoms with Gasteiger partial charge in [0.15, 0.2) is 34.6 Å². The molecule has 4 atom stereocenters. The van der Waals surface area contributed by atoms with Crippen molar-refractivity contribution in [1.29, 1.82) is 0 Å². The van der Waals surface area contributed by atoms with E-state index in [4.69, 9.17) is 8.83 Å². The molecule has 4 fully saturated rings. The second kappa shape index (κ2) is 16.8. The SMILES string of the molecule is Cc1ncoc1-c1nnc(SCCCN2CC[C@@]3(C[C@H]3c3ccccc3)C2)n1C.Cc1ncoc1-c1nnc(SCCCN2CC[C@]3(C[C@@H]3c3ccccc3)C2)n1C. The van der Waals surface area contributed by atoms with Gasteiger partial charge in [0, 0.05) is 38.7 Å². The molecule has 0 unspecified atom stereocenters. The third-order valence-electron chi connectivity index (χ3n) is 13.0. The molecule has 12 nitrogen and oxygen atoms in total. The molecule has 6 aromatic rings. The van der Waals surface area contributed by atoms with E-state index < -0.39 is 0 Å². The average molecular weight is 819 g/mol. The molecule has 304 valence electrons. The van der Waals surface area contributed by atoms with Gasteiger partial charge in [-0.1, -0.05) is 84.2 Å². The van der Waals surface area contributed by atoms with Crippen molar-refractivity contribution in [2.75, 3.05) is 50.8 Å². The van der Waals surface area contributed by atoms with Gasteiger partial charge in [-0.25, -0.2) is 9.97 Å². The monoisotopic (exact) mass is 818 g/mol. The Bertz CT molecular complexity index is 2130. The summed E-state index contributed by atoms with van der Waals surface area (Å²) in [5.41, 5.74) is 5.86. The molecule has 2 spiro atoms. The molecule has 6 heterocycles. The van der Waals surface area contributed by atoms with Crippen LogP contribution in [-0.4, -0.2) is 100 Å². The van der Waals surface area contributed by atoms with E-state index in [9.17, 15) is 0 Å². The lowest BCUT2D eigenvalue weighted by Gasteiger charge is -2.16. The molecular formula is C44H54N10O2S2. The maximum absolute atomic E-state index is 5.45. The van der Waals surface area contributed by atoms with Crippen LogP contribution in [0, 0.1) is 24.7 Å². The van der Waals surface area contributed by atoms with Gasteiger partial charge in [-0.2, -0.15) is 0 Å². The number of aryl methyl sites for hydroxylation is 2. The number of nitrogens with zero attached hydrogens (tertiary/aromatic N) is 10. The van der Waals surface area contributed by atoms with Crippen molar-refractivity contribution in [1.82, 2.24) is 49.3 Å². The molecule has 0 amide bonds. The van der Waals surface area contributed by atoms with E-state index in [1.165, 1.54) is 102 Å². The van der Waals surface area contributed by atoms with E-state index in [1.807, 2.05) is 37.1 Å². The predicted molar refractivity (Wildman–Crippen MR) is 228 cm³/mol. The van der Waals surface area contributed by atoms with Crippen LogP contribution in [0.5, 0.6) is 0 Å². The normalized spacial score (nSPS) is 23.9. The van der Waals surface area contributed by atoms with E-state index in [-0.39, 0.29) is 0 Å². The summed E-state index contributed by atoms with van der Waals surface area (Å²) in [6.45, 7) is 11.2. The second-order valence-corrected chi connectivity index (χ2v) is 18.9. The van der Waals surface area contributed by atoms with Crippen molar-refractivity contribution in [3.63, 3.8) is 0 Å². The standard InChI is InChI=1S/2C22H27N5OS/c2*1-16-19(28-15-23-16)20-24-25-21(26(20)2)29-12-6-10-27-11-9-22(14-27)13-18(22)17-7-4-3-5-8-17/h2*3-5,7-8,15,18H,6,9-14H2,1-2H3/t2*18-,22+/m10/s1. The third-order valence-corrected chi connectivity index (χ3v) is 15.2. The van der Waals surface area contributed by atoms with Gasteiger partial charge < -0.3 is 27.8 Å². The lowest BCUT2D eigenvalue weighted by Crippen LogP contribution is -2.23. The van der Waals surface area contributed by atoms with E-state index in [2.05, 4.69) is 101 Å². The van der Waals surface area contributed by atoms with Gasteiger partial charge in [-0.15, -0.1) is 20.4 Å². The van der Waals surface area contributed by atoms with Crippen LogP contribution >= 0.6 is 23.5 Å². The minimum atomic E-state index is 0.557. The zero-order valence-corrected chi connectivity index (χ0v) is 35.7. The number of oxazole rings is 2. The third kappa shape index (κ3) is 8.17. The van der Waals surface area contributed by atoms with Gasteiger partial charge in [0.1, 0.15) is 0 Å². The van der Waals surface area contributed by atoms with Crippen LogP contribution in [0.15, 0.2) is 92.6 Å². The molecule has 14 heteroatoms. The van der Waals surface area contributed by atoms with Gasteiger partial charge in [0.05, 0.1) is 11.4 Å². The van der Waals surface area contributed by atoms with Gasteiger partial charge in [-0.05, 0) is 112 Å². The molecule has 0 N–H and O–H groups in total. The molecule has 10 rings (SSSR count). The first-order valence-corrected chi connectivity index (χ1v) is 22.7. The Kier molecular flexibility index (Phi) is 11.4. The van der Waals surface area contributed by atoms with Crippen molar-refractivity contribution in [2.45, 2.75) is 74.5 Å². The molecular weight excluding hydrogens is 765 g/mol. The summed E-state index contributed by atoms with van der Waals surface area (Å²) in [6.07, 6.45) is 10.7. The minimum Gasteiger partial charge on any atom is -0.440 e. The summed E-state index contributed by atoms with van der Waals surface area (Å²) >= 11 is 3.54. The highest BCUT2D eigenvalue weighted by Crippen LogP contribution is 2.65. The van der Waals surface area contributed by atoms with Gasteiger partial charge >= 0.3 is 0 Å². The Morgan fingerprint density at radius 3 is 1.45 bits per heavy atom. The van der Waals surface area contributed by atoms with Crippen LogP contribution in [0.1, 0.15) is 72.9 Å². The molecule has 4 aliphatic rings. The summed E-state index contributed by atoms with van der Waals surface area (Å²) in [7, 11) is 3.97. The van der Waals surface area contributed by atoms with Crippen LogP contribution < -0.4 is 0 Å². The molecule has 2 aliphatic carbocycles. The Morgan fingerprint density at radius 1 is 0.621 bits per heavy atom. The second-order valence-electron chi connectivity index (χ2n) is 16.8. The van der Waals surface area contributed by atoms with E-state index >= 15 is 0 Å². The zero-order chi connectivity index (χ0) is 39.7. The zero-order valence-electron chi connectivity index (χ0n) is 34.1. The highest BCUT2D eigenvalue weighted by Gasteiger charge is 2.58. The first kappa shape index (κ1) is 39.2. The summed E-state index contributed by atoms with van der Waals surface area (Å²) in [4.78, 5) is 13.6. The molecule has 2 saturated heterocycles. The fraction of sp³-hybridized carbons (Fsp3) is 0.500. The van der Waals surface area contributed by atoms with Gasteiger partial charge in [0.25, 0.3) is 0 Å². The highest BCUT2D eigenvalue weighted by atomic mass is 32.2. The van der Waals surface area contributed by atoms with Crippen LogP contribution in [0.4, 0.5) is 0 Å². The maximum atomic E-state index is 5.45. The minimum absolute atomic E-state index is 0.557. The van der Waals surface area contributed by atoms with Crippen LogP contribution in [0.25, 0.3) is 23.2 Å². The largest absolute Gasteiger partial charge is 0.440 e. The van der Waals surface area contributed by atoms with Gasteiger partial charge in [-0.3, -0.25) is 0 Å². The van der Waals surface area contributed by atoms with E-state index in [1.54, 1.807) is 23.5 Å². The maximum Gasteiger partial charge on any atom is 0.202 e. The van der Waals surface area contributed by atoms with Crippen molar-refractivity contribution in [3.05, 3.63) is 96.0 Å². The first-order valence-electron chi connectivity index (χ1n) is 20.7. The average Bonchev–Trinajstić information content (AvgIpc) is 3.59. The number of benzene rings is 2. The van der Waals surface area contributed by atoms with Crippen molar-refractivity contribution < 1.29 is 8.83 Å². The molecule has 0 bridgehead atoms. The van der Waals surface area contributed by atoms with Crippen molar-refractivity contribution >= 4 is 23.5 Å². The molecule has 0 radical (unpaired) electrons. The van der Waals surface area contributed by atoms with E-state index in [0.717, 1.165) is 56.7 Å². The summed E-state index contributed by atoms with van der Waals surface area (Å²) in [5.74, 6) is 6.53. The van der Waals surface area contributed by atoms with Crippen LogP contribution in [0.3, 0.4) is 0 Å². The van der Waals surface area contributed by atoms with Crippen LogP contribution in [0.2, 0.25) is 0 Å². The summed E-state index contributed by atoms with van der Waals surface area (Å²) in [5, 5.41) is 19.1. The predicted octanol–water partition coefficient (Wildman–Crippen LogP) is 8.28. The molecule has 2 aromatic carbocycles. The Hall–Kier alpha value is -4.24. The topological polar surface area (TPSA) is 120 Å². The summed E-state index contributed by atoms with van der Waals surface area (Å²) in [6, 6.07) is 22.1. The lowest BCUT2D eigenvalue weighted by molar-refractivity contribution is 0.319. The lowest BCUT2D eigenvalue weighted by atomic mass is 9.98. The molecule has 2 saturated carbocycles. The Labute approximate surface area is 349 Å². The number of rotatable bonds is 14. The van der Waals surface area contributed by atoms with Crippen molar-refractivity contribution in [2.24, 2.45) is 24.9 Å². The number of hydrogen-bond donors (Lipinski definition) is 0. The summed E-state index contributed by atoms with van der Waals surface area (Å²) < 4.78 is 14.9. The number of likely N-dealkylation sites (tertiary alicyclic amines) is 2. The first-order chi connectivity index (χ1) is 28.3. The molecule has 4 aromatic heterocycles. The quantitative estimate of drug-likeness (QED) is 0.0777. The van der Waals surface area contributed by atoms with Gasteiger partial charge in [0.2, 0.25) is 11.6 Å². The fourth-order valence-electron chi connectivity index (χ4n) is 9.47. The molecule has 58 heavy (non-hydrogen) atoms. The number of hydrogen-bond acceptors (Lipinski definition) is 12. The van der Waals surface area contributed by atoms with Crippen LogP contribution in [-0.2, 0) is 14.1 Å². The smallest absolute Gasteiger partial charge is 0.202 e. The number of aromatic nitrogens is 8. The Morgan fingerprint density at radius 2 is 1.05 bits per heavy atom. The number of thioether (sulfide) groups is 2. The fourth-order valence-corrected chi connectivity index (χ4v) is 11.1. The van der Waals surface area contributed by atoms with Crippen molar-refractivity contribution in [3.8, 4) is 23.2 Å². The molecule has 2 aliphatic heterocycles.